The SMILES string of the molecule is CCCNC(=O)CCN=C(NCC)NC1CCN(c2ncccc2Cl)C1. The van der Waals surface area contributed by atoms with E-state index in [0.717, 1.165) is 50.8 Å². The van der Waals surface area contributed by atoms with Gasteiger partial charge in [0.2, 0.25) is 5.91 Å². The van der Waals surface area contributed by atoms with Gasteiger partial charge >= 0.3 is 0 Å². The number of carbonyl (C=O) groups excluding carboxylic acids is 1. The Labute approximate surface area is 160 Å². The van der Waals surface area contributed by atoms with Gasteiger partial charge in [-0.3, -0.25) is 9.79 Å². The molecular formula is C18H29ClN6O. The summed E-state index contributed by atoms with van der Waals surface area (Å²) in [5, 5.41) is 10.2. The van der Waals surface area contributed by atoms with Crippen molar-refractivity contribution in [2.45, 2.75) is 39.2 Å². The number of nitrogens with zero attached hydrogens (tertiary/aromatic N) is 3. The third-order valence-electron chi connectivity index (χ3n) is 4.09. The van der Waals surface area contributed by atoms with Crippen LogP contribution in [0.15, 0.2) is 23.3 Å². The van der Waals surface area contributed by atoms with E-state index in [1.165, 1.54) is 0 Å². The van der Waals surface area contributed by atoms with Gasteiger partial charge in [0.15, 0.2) is 5.96 Å². The number of aromatic nitrogens is 1. The van der Waals surface area contributed by atoms with Crippen molar-refractivity contribution in [3.63, 3.8) is 0 Å². The first-order valence-corrected chi connectivity index (χ1v) is 9.68. The van der Waals surface area contributed by atoms with Crippen LogP contribution in [0.2, 0.25) is 5.02 Å². The molecule has 0 spiro atoms. The monoisotopic (exact) mass is 380 g/mol. The van der Waals surface area contributed by atoms with Crippen molar-refractivity contribution in [2.24, 2.45) is 4.99 Å². The van der Waals surface area contributed by atoms with E-state index in [2.05, 4.69) is 30.8 Å². The maximum Gasteiger partial charge on any atom is 0.221 e. The summed E-state index contributed by atoms with van der Waals surface area (Å²) in [5.74, 6) is 1.62. The standard InChI is InChI=1S/C18H29ClN6O/c1-3-9-21-16(26)7-11-23-18(20-4-2)24-14-8-12-25(13-14)17-15(19)6-5-10-22-17/h5-6,10,14H,3-4,7-9,11-13H2,1-2H3,(H,21,26)(H2,20,23,24). The van der Waals surface area contributed by atoms with E-state index in [4.69, 9.17) is 11.6 Å². The number of hydrogen-bond acceptors (Lipinski definition) is 4. The number of guanidine groups is 1. The Morgan fingerprint density at radius 3 is 3.00 bits per heavy atom. The van der Waals surface area contributed by atoms with Crippen LogP contribution in [-0.2, 0) is 4.79 Å². The molecule has 144 valence electrons. The molecule has 0 saturated carbocycles. The van der Waals surface area contributed by atoms with Crippen LogP contribution >= 0.6 is 11.6 Å². The van der Waals surface area contributed by atoms with Crippen molar-refractivity contribution in [1.82, 2.24) is 20.9 Å². The summed E-state index contributed by atoms with van der Waals surface area (Å²) < 4.78 is 0. The first-order valence-electron chi connectivity index (χ1n) is 9.31. The average Bonchev–Trinajstić information content (AvgIpc) is 3.08. The normalized spacial score (nSPS) is 17.3. The highest BCUT2D eigenvalue weighted by molar-refractivity contribution is 6.32. The number of hydrogen-bond donors (Lipinski definition) is 3. The zero-order valence-electron chi connectivity index (χ0n) is 15.6. The van der Waals surface area contributed by atoms with E-state index in [-0.39, 0.29) is 11.9 Å². The van der Waals surface area contributed by atoms with Crippen LogP contribution in [0.3, 0.4) is 0 Å². The lowest BCUT2D eigenvalue weighted by Gasteiger charge is -2.20. The molecule has 1 fully saturated rings. The van der Waals surface area contributed by atoms with E-state index in [9.17, 15) is 4.79 Å². The fourth-order valence-corrected chi connectivity index (χ4v) is 3.06. The molecule has 1 aromatic heterocycles. The van der Waals surface area contributed by atoms with Gasteiger partial charge in [-0.2, -0.15) is 0 Å². The molecule has 0 radical (unpaired) electrons. The van der Waals surface area contributed by atoms with Crippen LogP contribution in [-0.4, -0.2) is 55.6 Å². The Hall–Kier alpha value is -2.02. The highest BCUT2D eigenvalue weighted by atomic mass is 35.5. The number of aliphatic imine (C=N–C) groups is 1. The van der Waals surface area contributed by atoms with Gasteiger partial charge in [-0.25, -0.2) is 4.98 Å². The number of carbonyl (C=O) groups is 1. The summed E-state index contributed by atoms with van der Waals surface area (Å²) in [5.41, 5.74) is 0. The van der Waals surface area contributed by atoms with Crippen molar-refractivity contribution in [2.75, 3.05) is 37.6 Å². The average molecular weight is 381 g/mol. The molecule has 0 aromatic carbocycles. The minimum absolute atomic E-state index is 0.0447. The molecule has 1 unspecified atom stereocenters. The van der Waals surface area contributed by atoms with Gasteiger partial charge in [0.1, 0.15) is 5.82 Å². The number of anilines is 1. The molecule has 1 aliphatic heterocycles. The van der Waals surface area contributed by atoms with E-state index in [0.29, 0.717) is 18.0 Å². The highest BCUT2D eigenvalue weighted by Crippen LogP contribution is 2.25. The Balaban J connectivity index is 1.85. The number of amides is 1. The third kappa shape index (κ3) is 6.37. The summed E-state index contributed by atoms with van der Waals surface area (Å²) in [6.45, 7) is 7.73. The maximum atomic E-state index is 11.7. The minimum atomic E-state index is 0.0447. The van der Waals surface area contributed by atoms with E-state index in [1.807, 2.05) is 26.0 Å². The molecule has 1 atom stereocenters. The molecule has 1 amide bonds. The molecule has 2 heterocycles. The summed E-state index contributed by atoms with van der Waals surface area (Å²) in [7, 11) is 0. The molecule has 8 heteroatoms. The van der Waals surface area contributed by atoms with Crippen molar-refractivity contribution < 1.29 is 4.79 Å². The zero-order valence-corrected chi connectivity index (χ0v) is 16.4. The molecule has 1 saturated heterocycles. The molecule has 0 aliphatic carbocycles. The lowest BCUT2D eigenvalue weighted by Crippen LogP contribution is -2.44. The largest absolute Gasteiger partial charge is 0.357 e. The lowest BCUT2D eigenvalue weighted by atomic mass is 10.3. The molecule has 0 bridgehead atoms. The van der Waals surface area contributed by atoms with Gasteiger partial charge in [-0.1, -0.05) is 18.5 Å². The van der Waals surface area contributed by atoms with Gasteiger partial charge in [0, 0.05) is 44.8 Å². The van der Waals surface area contributed by atoms with E-state index < -0.39 is 0 Å². The Morgan fingerprint density at radius 1 is 1.42 bits per heavy atom. The third-order valence-corrected chi connectivity index (χ3v) is 4.39. The topological polar surface area (TPSA) is 81.6 Å². The smallest absolute Gasteiger partial charge is 0.221 e. The van der Waals surface area contributed by atoms with Gasteiger partial charge in [0.05, 0.1) is 11.6 Å². The molecule has 1 aromatic rings. The summed E-state index contributed by atoms with van der Waals surface area (Å²) in [6.07, 6.45) is 4.08. The Morgan fingerprint density at radius 2 is 2.27 bits per heavy atom. The minimum Gasteiger partial charge on any atom is -0.357 e. The van der Waals surface area contributed by atoms with Crippen LogP contribution in [0.1, 0.15) is 33.1 Å². The number of pyridine rings is 1. The first kappa shape index (κ1) is 20.3. The first-order chi connectivity index (χ1) is 12.6. The van der Waals surface area contributed by atoms with E-state index >= 15 is 0 Å². The highest BCUT2D eigenvalue weighted by Gasteiger charge is 2.25. The number of rotatable bonds is 8. The second-order valence-electron chi connectivity index (χ2n) is 6.25. The van der Waals surface area contributed by atoms with Crippen molar-refractivity contribution >= 4 is 29.3 Å². The lowest BCUT2D eigenvalue weighted by molar-refractivity contribution is -0.120. The van der Waals surface area contributed by atoms with E-state index in [1.54, 1.807) is 6.20 Å². The fourth-order valence-electron chi connectivity index (χ4n) is 2.82. The molecular weight excluding hydrogens is 352 g/mol. The molecule has 7 nitrogen and oxygen atoms in total. The van der Waals surface area contributed by atoms with Crippen molar-refractivity contribution in [3.8, 4) is 0 Å². The van der Waals surface area contributed by atoms with Crippen molar-refractivity contribution in [3.05, 3.63) is 23.4 Å². The number of halogens is 1. The Bertz CT molecular complexity index is 609. The predicted molar refractivity (Wildman–Crippen MR) is 107 cm³/mol. The van der Waals surface area contributed by atoms with Crippen LogP contribution in [0.5, 0.6) is 0 Å². The summed E-state index contributed by atoms with van der Waals surface area (Å²) >= 11 is 6.24. The zero-order chi connectivity index (χ0) is 18.8. The molecule has 1 aliphatic rings. The van der Waals surface area contributed by atoms with Gasteiger partial charge < -0.3 is 20.9 Å². The second-order valence-corrected chi connectivity index (χ2v) is 6.65. The summed E-state index contributed by atoms with van der Waals surface area (Å²) in [4.78, 5) is 22.7. The van der Waals surface area contributed by atoms with Gasteiger partial charge in [0.25, 0.3) is 0 Å². The second kappa shape index (κ2) is 10.9. The number of nitrogens with one attached hydrogen (secondary N) is 3. The van der Waals surface area contributed by atoms with Crippen LogP contribution in [0.25, 0.3) is 0 Å². The predicted octanol–water partition coefficient (Wildman–Crippen LogP) is 1.79. The fraction of sp³-hybridized carbons (Fsp3) is 0.611. The van der Waals surface area contributed by atoms with Crippen LogP contribution in [0.4, 0.5) is 5.82 Å². The summed E-state index contributed by atoms with van der Waals surface area (Å²) in [6, 6.07) is 3.96. The Kier molecular flexibility index (Phi) is 8.47. The quantitative estimate of drug-likeness (QED) is 0.473. The van der Waals surface area contributed by atoms with Crippen LogP contribution < -0.4 is 20.9 Å². The van der Waals surface area contributed by atoms with Crippen molar-refractivity contribution in [1.29, 1.82) is 0 Å². The molecule has 2 rings (SSSR count). The molecule has 3 N–H and O–H groups in total. The maximum absolute atomic E-state index is 11.7. The molecule has 26 heavy (non-hydrogen) atoms. The van der Waals surface area contributed by atoms with Gasteiger partial charge in [-0.05, 0) is 31.9 Å². The van der Waals surface area contributed by atoms with Gasteiger partial charge in [-0.15, -0.1) is 0 Å². The van der Waals surface area contributed by atoms with Crippen LogP contribution in [0, 0.1) is 0 Å².